The van der Waals surface area contributed by atoms with Gasteiger partial charge in [0.2, 0.25) is 0 Å². The van der Waals surface area contributed by atoms with E-state index in [1.165, 1.54) is 23.1 Å². The van der Waals surface area contributed by atoms with E-state index >= 15 is 0 Å². The summed E-state index contributed by atoms with van der Waals surface area (Å²) >= 11 is 2.96. The fourth-order valence-electron chi connectivity index (χ4n) is 2.27. The zero-order valence-electron chi connectivity index (χ0n) is 13.6. The molecular formula is C17H18N4OS2. The summed E-state index contributed by atoms with van der Waals surface area (Å²) in [5.74, 6) is -0.0580. The number of carbonyl (C=O) groups is 1. The van der Waals surface area contributed by atoms with Crippen LogP contribution in [0, 0.1) is 6.92 Å². The molecule has 0 aliphatic rings. The third-order valence-electron chi connectivity index (χ3n) is 3.45. The summed E-state index contributed by atoms with van der Waals surface area (Å²) in [7, 11) is 0. The van der Waals surface area contributed by atoms with Crippen molar-refractivity contribution >= 4 is 39.9 Å². The van der Waals surface area contributed by atoms with Crippen molar-refractivity contribution < 1.29 is 4.79 Å². The van der Waals surface area contributed by atoms with Gasteiger partial charge in [-0.1, -0.05) is 42.9 Å². The van der Waals surface area contributed by atoms with Crippen LogP contribution in [0.15, 0.2) is 39.7 Å². The number of unbranched alkanes of at least 4 members (excludes halogenated alkanes) is 1. The van der Waals surface area contributed by atoms with Crippen molar-refractivity contribution in [3.63, 3.8) is 0 Å². The molecule has 2 heterocycles. The number of nitrogens with one attached hydrogen (secondary N) is 1. The van der Waals surface area contributed by atoms with Gasteiger partial charge in [0.05, 0.1) is 11.1 Å². The number of amides is 1. The van der Waals surface area contributed by atoms with E-state index in [2.05, 4.69) is 27.4 Å². The Morgan fingerprint density at radius 3 is 2.88 bits per heavy atom. The second-order valence-electron chi connectivity index (χ2n) is 5.32. The molecule has 2 aromatic heterocycles. The summed E-state index contributed by atoms with van der Waals surface area (Å²) in [5, 5.41) is 13.7. The Morgan fingerprint density at radius 1 is 1.29 bits per heavy atom. The number of rotatable bonds is 6. The van der Waals surface area contributed by atoms with E-state index in [1.54, 1.807) is 0 Å². The van der Waals surface area contributed by atoms with Crippen LogP contribution in [0.3, 0.4) is 0 Å². The van der Waals surface area contributed by atoms with Crippen molar-refractivity contribution in [2.75, 3.05) is 6.54 Å². The molecule has 1 amide bonds. The lowest BCUT2D eigenvalue weighted by atomic mass is 10.1. The average molecular weight is 358 g/mol. The lowest BCUT2D eigenvalue weighted by molar-refractivity contribution is 0.0954. The highest BCUT2D eigenvalue weighted by atomic mass is 32.2. The van der Waals surface area contributed by atoms with Gasteiger partial charge in [-0.15, -0.1) is 10.2 Å². The second kappa shape index (κ2) is 7.72. The Kier molecular flexibility index (Phi) is 5.42. The number of carbonyl (C=O) groups excluding carboxylic acids is 1. The number of hydrogen-bond donors (Lipinski definition) is 1. The minimum Gasteiger partial charge on any atom is -0.352 e. The highest BCUT2D eigenvalue weighted by molar-refractivity contribution is 8.01. The SMILES string of the molecule is CCCCNC(=O)c1cc(Sc2nnc(C)s2)nc2ccccc12. The molecule has 0 radical (unpaired) electrons. The zero-order chi connectivity index (χ0) is 16.9. The van der Waals surface area contributed by atoms with E-state index in [0.29, 0.717) is 12.1 Å². The summed E-state index contributed by atoms with van der Waals surface area (Å²) in [6, 6.07) is 9.55. The van der Waals surface area contributed by atoms with Crippen molar-refractivity contribution in [3.05, 3.63) is 40.9 Å². The van der Waals surface area contributed by atoms with Gasteiger partial charge in [-0.25, -0.2) is 4.98 Å². The molecule has 0 spiro atoms. The number of aromatic nitrogens is 3. The van der Waals surface area contributed by atoms with Crippen LogP contribution in [-0.4, -0.2) is 27.6 Å². The van der Waals surface area contributed by atoms with Gasteiger partial charge >= 0.3 is 0 Å². The molecule has 124 valence electrons. The lowest BCUT2D eigenvalue weighted by Gasteiger charge is -2.09. The fourth-order valence-corrected chi connectivity index (χ4v) is 4.06. The predicted octanol–water partition coefficient (Wildman–Crippen LogP) is 4.08. The first-order valence-corrected chi connectivity index (χ1v) is 9.46. The first-order valence-electron chi connectivity index (χ1n) is 7.83. The Bertz CT molecular complexity index is 863. The van der Waals surface area contributed by atoms with Crippen LogP contribution in [0.4, 0.5) is 0 Å². The normalized spacial score (nSPS) is 10.9. The quantitative estimate of drug-likeness (QED) is 0.673. The smallest absolute Gasteiger partial charge is 0.252 e. The molecule has 1 aromatic carbocycles. The molecule has 0 fully saturated rings. The number of benzene rings is 1. The van der Waals surface area contributed by atoms with E-state index in [1.807, 2.05) is 37.3 Å². The number of para-hydroxylation sites is 1. The summed E-state index contributed by atoms with van der Waals surface area (Å²) in [5.41, 5.74) is 1.46. The molecule has 5 nitrogen and oxygen atoms in total. The van der Waals surface area contributed by atoms with Crippen LogP contribution in [0.2, 0.25) is 0 Å². The minimum absolute atomic E-state index is 0.0580. The second-order valence-corrected chi connectivity index (χ2v) is 7.77. The molecule has 0 atom stereocenters. The largest absolute Gasteiger partial charge is 0.352 e. The van der Waals surface area contributed by atoms with Crippen LogP contribution in [0.5, 0.6) is 0 Å². The number of fused-ring (bicyclic) bond motifs is 1. The molecule has 1 N–H and O–H groups in total. The molecule has 24 heavy (non-hydrogen) atoms. The van der Waals surface area contributed by atoms with Gasteiger partial charge in [-0.3, -0.25) is 4.79 Å². The maximum absolute atomic E-state index is 12.6. The summed E-state index contributed by atoms with van der Waals surface area (Å²) in [4.78, 5) is 17.2. The first kappa shape index (κ1) is 16.9. The molecule has 0 aliphatic carbocycles. The van der Waals surface area contributed by atoms with Gasteiger partial charge in [-0.05, 0) is 37.2 Å². The van der Waals surface area contributed by atoms with Crippen molar-refractivity contribution in [3.8, 4) is 0 Å². The van der Waals surface area contributed by atoms with Crippen molar-refractivity contribution in [1.82, 2.24) is 20.5 Å². The zero-order valence-corrected chi connectivity index (χ0v) is 15.2. The Balaban J connectivity index is 1.94. The standard InChI is InChI=1S/C17H18N4OS2/c1-3-4-9-18-16(22)13-10-15(24-17-21-20-11(2)23-17)19-14-8-6-5-7-12(13)14/h5-8,10H,3-4,9H2,1-2H3,(H,18,22). The highest BCUT2D eigenvalue weighted by Gasteiger charge is 2.14. The number of aryl methyl sites for hydroxylation is 1. The first-order chi connectivity index (χ1) is 11.7. The third kappa shape index (κ3) is 3.91. The molecule has 3 rings (SSSR count). The van der Waals surface area contributed by atoms with E-state index in [9.17, 15) is 4.79 Å². The van der Waals surface area contributed by atoms with E-state index in [4.69, 9.17) is 0 Å². The number of hydrogen-bond acceptors (Lipinski definition) is 6. The number of nitrogens with zero attached hydrogens (tertiary/aromatic N) is 3. The summed E-state index contributed by atoms with van der Waals surface area (Å²) < 4.78 is 0.827. The van der Waals surface area contributed by atoms with Gasteiger partial charge in [0.15, 0.2) is 4.34 Å². The van der Waals surface area contributed by atoms with Gasteiger partial charge < -0.3 is 5.32 Å². The molecule has 0 saturated heterocycles. The van der Waals surface area contributed by atoms with Crippen LogP contribution in [-0.2, 0) is 0 Å². The summed E-state index contributed by atoms with van der Waals surface area (Å²) in [6.07, 6.45) is 2.02. The third-order valence-corrected chi connectivity index (χ3v) is 5.26. The highest BCUT2D eigenvalue weighted by Crippen LogP contribution is 2.31. The molecule has 0 bridgehead atoms. The van der Waals surface area contributed by atoms with Crippen LogP contribution in [0.1, 0.15) is 35.1 Å². The Hall–Kier alpha value is -1.99. The Labute approximate surface area is 148 Å². The molecular weight excluding hydrogens is 340 g/mol. The van der Waals surface area contributed by atoms with Gasteiger partial charge in [-0.2, -0.15) is 0 Å². The predicted molar refractivity (Wildman–Crippen MR) is 97.8 cm³/mol. The Morgan fingerprint density at radius 2 is 2.12 bits per heavy atom. The van der Waals surface area contributed by atoms with Crippen LogP contribution < -0.4 is 5.32 Å². The monoisotopic (exact) mass is 358 g/mol. The van der Waals surface area contributed by atoms with Crippen LogP contribution in [0.25, 0.3) is 10.9 Å². The van der Waals surface area contributed by atoms with Crippen molar-refractivity contribution in [1.29, 1.82) is 0 Å². The van der Waals surface area contributed by atoms with Crippen molar-refractivity contribution in [2.24, 2.45) is 0 Å². The molecule has 3 aromatic rings. The summed E-state index contributed by atoms with van der Waals surface area (Å²) in [6.45, 7) is 4.71. The topological polar surface area (TPSA) is 67.8 Å². The lowest BCUT2D eigenvalue weighted by Crippen LogP contribution is -2.24. The average Bonchev–Trinajstić information content (AvgIpc) is 2.99. The minimum atomic E-state index is -0.0580. The van der Waals surface area contributed by atoms with Crippen molar-refractivity contribution in [2.45, 2.75) is 36.1 Å². The van der Waals surface area contributed by atoms with Gasteiger partial charge in [0.1, 0.15) is 10.0 Å². The molecule has 7 heteroatoms. The molecule has 0 unspecified atom stereocenters. The maximum atomic E-state index is 12.6. The number of pyridine rings is 1. The molecule has 0 aliphatic heterocycles. The maximum Gasteiger partial charge on any atom is 0.252 e. The fraction of sp³-hybridized carbons (Fsp3) is 0.294. The van der Waals surface area contributed by atoms with Gasteiger partial charge in [0.25, 0.3) is 5.91 Å². The van der Waals surface area contributed by atoms with E-state index in [-0.39, 0.29) is 5.91 Å². The molecule has 0 saturated carbocycles. The van der Waals surface area contributed by atoms with E-state index < -0.39 is 0 Å². The van der Waals surface area contributed by atoms with E-state index in [0.717, 1.165) is 38.1 Å². The van der Waals surface area contributed by atoms with Crippen LogP contribution >= 0.6 is 23.1 Å². The van der Waals surface area contributed by atoms with Gasteiger partial charge in [0, 0.05) is 11.9 Å².